The summed E-state index contributed by atoms with van der Waals surface area (Å²) in [5, 5.41) is 3.37. The minimum atomic E-state index is -0.398. The number of likely N-dealkylation sites (N-methyl/N-ethyl adjacent to an activating group) is 1. The average molecular weight is 290 g/mol. The van der Waals surface area contributed by atoms with Gasteiger partial charge < -0.3 is 14.6 Å². The van der Waals surface area contributed by atoms with Crippen molar-refractivity contribution in [3.8, 4) is 0 Å². The number of oxazole rings is 1. The molecule has 6 nitrogen and oxygen atoms in total. The molecule has 1 aliphatic rings. The number of rotatable bonds is 4. The lowest BCUT2D eigenvalue weighted by Gasteiger charge is -2.34. The van der Waals surface area contributed by atoms with Gasteiger partial charge in [-0.3, -0.25) is 9.88 Å². The quantitative estimate of drug-likeness (QED) is 0.864. The van der Waals surface area contributed by atoms with Gasteiger partial charge in [-0.05, 0) is 31.8 Å². The number of nitrogens with one attached hydrogen (secondary N) is 2. The van der Waals surface area contributed by atoms with Crippen LogP contribution in [0.25, 0.3) is 11.1 Å². The molecule has 0 spiro atoms. The number of hydrogen-bond donors (Lipinski definition) is 2. The molecule has 0 aliphatic carbocycles. The lowest BCUT2D eigenvalue weighted by atomic mass is 10.0. The number of nitrogens with zero attached hydrogens (tertiary/aromatic N) is 2. The Hall–Kier alpha value is -1.63. The number of hydrogen-bond acceptors (Lipinski definition) is 5. The molecule has 6 heteroatoms. The fourth-order valence-electron chi connectivity index (χ4n) is 2.87. The fraction of sp³-hybridized carbons (Fsp3) is 0.533. The molecular weight excluding hydrogens is 268 g/mol. The van der Waals surface area contributed by atoms with Gasteiger partial charge in [-0.25, -0.2) is 4.79 Å². The van der Waals surface area contributed by atoms with Gasteiger partial charge >= 0.3 is 5.76 Å². The Kier molecular flexibility index (Phi) is 4.10. The normalized spacial score (nSPS) is 18.4. The largest absolute Gasteiger partial charge is 0.417 e. The third-order valence-electron chi connectivity index (χ3n) is 4.09. The van der Waals surface area contributed by atoms with Crippen LogP contribution in [0, 0.1) is 0 Å². The van der Waals surface area contributed by atoms with Gasteiger partial charge in [0.2, 0.25) is 0 Å². The smallest absolute Gasteiger partial charge is 0.408 e. The molecule has 3 rings (SSSR count). The molecule has 2 aromatic rings. The fourth-order valence-corrected chi connectivity index (χ4v) is 2.87. The third kappa shape index (κ3) is 3.18. The Balaban J connectivity index is 1.85. The van der Waals surface area contributed by atoms with Crippen LogP contribution in [-0.2, 0) is 0 Å². The van der Waals surface area contributed by atoms with E-state index in [-0.39, 0.29) is 6.04 Å². The summed E-state index contributed by atoms with van der Waals surface area (Å²) in [6.45, 7) is 5.23. The summed E-state index contributed by atoms with van der Waals surface area (Å²) >= 11 is 0. The number of aromatic nitrogens is 1. The van der Waals surface area contributed by atoms with Crippen LogP contribution in [-0.4, -0.2) is 61.6 Å². The van der Waals surface area contributed by atoms with Crippen LogP contribution in [0.5, 0.6) is 0 Å². The lowest BCUT2D eigenvalue weighted by molar-refractivity contribution is 0.168. The second-order valence-corrected chi connectivity index (χ2v) is 5.80. The van der Waals surface area contributed by atoms with Gasteiger partial charge in [-0.2, -0.15) is 0 Å². The van der Waals surface area contributed by atoms with Crippen molar-refractivity contribution >= 4 is 11.1 Å². The van der Waals surface area contributed by atoms with Crippen molar-refractivity contribution < 1.29 is 4.42 Å². The van der Waals surface area contributed by atoms with Crippen LogP contribution < -0.4 is 11.1 Å². The third-order valence-corrected chi connectivity index (χ3v) is 4.09. The van der Waals surface area contributed by atoms with Gasteiger partial charge in [0.1, 0.15) is 0 Å². The van der Waals surface area contributed by atoms with E-state index in [0.29, 0.717) is 5.58 Å². The molecule has 2 N–H and O–H groups in total. The molecule has 0 bridgehead atoms. The maximum atomic E-state index is 11.3. The van der Waals surface area contributed by atoms with Crippen LogP contribution in [0.4, 0.5) is 0 Å². The van der Waals surface area contributed by atoms with E-state index in [0.717, 1.165) is 38.2 Å². The Morgan fingerprint density at radius 2 is 2.10 bits per heavy atom. The standard InChI is InChI=1S/C15H22N4O2/c1-18(2)13(10-19-7-5-16-6-8-19)11-3-4-12-14(9-11)21-15(20)17-12/h3-4,9,13,16H,5-8,10H2,1-2H3,(H,17,20). The van der Waals surface area contributed by atoms with Gasteiger partial charge in [0, 0.05) is 38.8 Å². The highest BCUT2D eigenvalue weighted by molar-refractivity contribution is 5.72. The maximum absolute atomic E-state index is 11.3. The SMILES string of the molecule is CN(C)C(CN1CCNCC1)c1ccc2[nH]c(=O)oc2c1. The highest BCUT2D eigenvalue weighted by Gasteiger charge is 2.20. The monoisotopic (exact) mass is 290 g/mol. The Morgan fingerprint density at radius 1 is 1.33 bits per heavy atom. The Bertz CT molecular complexity index is 655. The molecule has 1 aromatic heterocycles. The summed E-state index contributed by atoms with van der Waals surface area (Å²) < 4.78 is 5.18. The van der Waals surface area contributed by atoms with Crippen LogP contribution in [0.15, 0.2) is 27.4 Å². The van der Waals surface area contributed by atoms with Gasteiger partial charge in [-0.1, -0.05) is 6.07 Å². The van der Waals surface area contributed by atoms with E-state index in [4.69, 9.17) is 4.42 Å². The predicted molar refractivity (Wildman–Crippen MR) is 82.6 cm³/mol. The topological polar surface area (TPSA) is 64.5 Å². The van der Waals surface area contributed by atoms with Crippen molar-refractivity contribution in [1.29, 1.82) is 0 Å². The van der Waals surface area contributed by atoms with Crippen LogP contribution in [0.3, 0.4) is 0 Å². The zero-order valence-corrected chi connectivity index (χ0v) is 12.6. The highest BCUT2D eigenvalue weighted by atomic mass is 16.4. The summed E-state index contributed by atoms with van der Waals surface area (Å²) in [6.07, 6.45) is 0. The van der Waals surface area contributed by atoms with E-state index in [1.807, 2.05) is 12.1 Å². The zero-order chi connectivity index (χ0) is 14.8. The first kappa shape index (κ1) is 14.3. The molecule has 1 unspecified atom stereocenters. The molecule has 1 aromatic carbocycles. The molecular formula is C15H22N4O2. The first-order valence-corrected chi connectivity index (χ1v) is 7.36. The van der Waals surface area contributed by atoms with Crippen LogP contribution >= 0.6 is 0 Å². The van der Waals surface area contributed by atoms with Crippen molar-refractivity contribution in [3.63, 3.8) is 0 Å². The number of fused-ring (bicyclic) bond motifs is 1. The van der Waals surface area contributed by atoms with Gasteiger partial charge in [0.05, 0.1) is 5.52 Å². The molecule has 1 saturated heterocycles. The van der Waals surface area contributed by atoms with E-state index in [9.17, 15) is 4.79 Å². The number of piperazine rings is 1. The summed E-state index contributed by atoms with van der Waals surface area (Å²) in [5.74, 6) is -0.398. The highest BCUT2D eigenvalue weighted by Crippen LogP contribution is 2.23. The first-order chi connectivity index (χ1) is 10.1. The number of aromatic amines is 1. The Morgan fingerprint density at radius 3 is 2.81 bits per heavy atom. The summed E-state index contributed by atoms with van der Waals surface area (Å²) in [7, 11) is 4.18. The summed E-state index contributed by atoms with van der Waals surface area (Å²) in [5.41, 5.74) is 2.56. The van der Waals surface area contributed by atoms with Crippen molar-refractivity contribution in [2.24, 2.45) is 0 Å². The molecule has 0 radical (unpaired) electrons. The van der Waals surface area contributed by atoms with E-state index >= 15 is 0 Å². The first-order valence-electron chi connectivity index (χ1n) is 7.36. The molecule has 21 heavy (non-hydrogen) atoms. The minimum absolute atomic E-state index is 0.285. The van der Waals surface area contributed by atoms with E-state index < -0.39 is 5.76 Å². The molecule has 1 atom stereocenters. The second-order valence-electron chi connectivity index (χ2n) is 5.80. The molecule has 0 saturated carbocycles. The summed E-state index contributed by atoms with van der Waals surface area (Å²) in [6, 6.07) is 6.25. The summed E-state index contributed by atoms with van der Waals surface area (Å²) in [4.78, 5) is 18.6. The van der Waals surface area contributed by atoms with E-state index in [2.05, 4.69) is 40.3 Å². The maximum Gasteiger partial charge on any atom is 0.417 e. The number of benzene rings is 1. The molecule has 1 aliphatic heterocycles. The predicted octanol–water partition coefficient (Wildman–Crippen LogP) is 0.629. The van der Waals surface area contributed by atoms with Crippen molar-refractivity contribution in [2.45, 2.75) is 6.04 Å². The molecule has 1 fully saturated rings. The average Bonchev–Trinajstić information content (AvgIpc) is 2.84. The minimum Gasteiger partial charge on any atom is -0.408 e. The molecule has 114 valence electrons. The van der Waals surface area contributed by atoms with Crippen molar-refractivity contribution in [1.82, 2.24) is 20.1 Å². The van der Waals surface area contributed by atoms with Gasteiger partial charge in [0.15, 0.2) is 5.58 Å². The lowest BCUT2D eigenvalue weighted by Crippen LogP contribution is -2.46. The van der Waals surface area contributed by atoms with Gasteiger partial charge in [-0.15, -0.1) is 0 Å². The van der Waals surface area contributed by atoms with Crippen molar-refractivity contribution in [2.75, 3.05) is 46.8 Å². The van der Waals surface area contributed by atoms with Gasteiger partial charge in [0.25, 0.3) is 0 Å². The van der Waals surface area contributed by atoms with Crippen LogP contribution in [0.2, 0.25) is 0 Å². The molecule has 0 amide bonds. The zero-order valence-electron chi connectivity index (χ0n) is 12.6. The molecule has 2 heterocycles. The van der Waals surface area contributed by atoms with Crippen molar-refractivity contribution in [3.05, 3.63) is 34.3 Å². The second kappa shape index (κ2) is 6.01. The van der Waals surface area contributed by atoms with Crippen LogP contribution in [0.1, 0.15) is 11.6 Å². The van der Waals surface area contributed by atoms with E-state index in [1.54, 1.807) is 0 Å². The van der Waals surface area contributed by atoms with E-state index in [1.165, 1.54) is 5.56 Å². The number of H-pyrrole nitrogens is 1. The Labute approximate surface area is 123 Å².